The molecule has 1 aliphatic rings. The molecule has 1 N–H and O–H groups in total. The van der Waals surface area contributed by atoms with E-state index in [-0.39, 0.29) is 0 Å². The van der Waals surface area contributed by atoms with Crippen molar-refractivity contribution in [3.8, 4) is 0 Å². The number of nitrogens with one attached hydrogen (secondary N) is 1. The fraction of sp³-hybridized carbons (Fsp3) is 0.357. The third-order valence-corrected chi connectivity index (χ3v) is 5.44. The maximum Gasteiger partial charge on any atom is 0.207 e. The van der Waals surface area contributed by atoms with Crippen LogP contribution in [0.3, 0.4) is 0 Å². The van der Waals surface area contributed by atoms with Gasteiger partial charge in [-0.15, -0.1) is 0 Å². The van der Waals surface area contributed by atoms with Crippen LogP contribution in [-0.4, -0.2) is 9.55 Å². The molecular weight excluding hydrogens is 361 g/mol. The van der Waals surface area contributed by atoms with Crippen LogP contribution in [0.5, 0.6) is 0 Å². The fourth-order valence-electron chi connectivity index (χ4n) is 2.63. The molecule has 0 aliphatic heterocycles. The molecule has 0 saturated heterocycles. The van der Waals surface area contributed by atoms with Crippen LogP contribution in [-0.2, 0) is 0 Å². The van der Waals surface area contributed by atoms with Crippen LogP contribution in [0, 0.1) is 0 Å². The minimum Gasteiger partial charge on any atom is -0.324 e. The van der Waals surface area contributed by atoms with Crippen LogP contribution in [0.4, 0.5) is 11.6 Å². The molecule has 1 aromatic heterocycles. The van der Waals surface area contributed by atoms with Gasteiger partial charge in [0.15, 0.2) is 0 Å². The number of nitrogens with zero attached hydrogens (tertiary/aromatic N) is 2. The molecule has 0 radical (unpaired) electrons. The van der Waals surface area contributed by atoms with Crippen molar-refractivity contribution in [2.75, 3.05) is 5.32 Å². The van der Waals surface area contributed by atoms with E-state index < -0.39 is 0 Å². The Morgan fingerprint density at radius 1 is 1.20 bits per heavy atom. The quantitative estimate of drug-likeness (QED) is 0.686. The molecule has 0 spiro atoms. The number of imidazole rings is 1. The number of hydrogen-bond acceptors (Lipinski definition) is 2. The van der Waals surface area contributed by atoms with Crippen LogP contribution >= 0.6 is 39.1 Å². The van der Waals surface area contributed by atoms with Crippen LogP contribution in [0.1, 0.15) is 31.7 Å². The van der Waals surface area contributed by atoms with Gasteiger partial charge in [0.2, 0.25) is 5.95 Å². The molecule has 1 fully saturated rings. The molecule has 0 atom stereocenters. The Balaban J connectivity index is 1.88. The lowest BCUT2D eigenvalue weighted by molar-refractivity contribution is 0.525. The number of benzene rings is 1. The zero-order valence-electron chi connectivity index (χ0n) is 10.7. The summed E-state index contributed by atoms with van der Waals surface area (Å²) in [5.41, 5.74) is 0.769. The molecular formula is C14H14BrCl2N3. The van der Waals surface area contributed by atoms with Crippen molar-refractivity contribution in [1.82, 2.24) is 9.55 Å². The summed E-state index contributed by atoms with van der Waals surface area (Å²) in [6, 6.07) is 4.30. The van der Waals surface area contributed by atoms with Gasteiger partial charge in [-0.3, -0.25) is 0 Å². The maximum atomic E-state index is 6.27. The summed E-state index contributed by atoms with van der Waals surface area (Å²) < 4.78 is 2.98. The lowest BCUT2D eigenvalue weighted by Crippen LogP contribution is -2.08. The SMILES string of the molecule is Clc1c(Br)ccc(Nc2nccn2C2CCCC2)c1Cl. The van der Waals surface area contributed by atoms with Gasteiger partial charge in [-0.05, 0) is 40.9 Å². The highest BCUT2D eigenvalue weighted by atomic mass is 79.9. The summed E-state index contributed by atoms with van der Waals surface area (Å²) in [6.45, 7) is 0. The largest absolute Gasteiger partial charge is 0.324 e. The second-order valence-corrected chi connectivity index (χ2v) is 6.55. The number of rotatable bonds is 3. The van der Waals surface area contributed by atoms with E-state index in [0.29, 0.717) is 16.1 Å². The van der Waals surface area contributed by atoms with E-state index in [1.54, 1.807) is 0 Å². The third kappa shape index (κ3) is 2.69. The Bertz CT molecular complexity index is 621. The highest BCUT2D eigenvalue weighted by Gasteiger charge is 2.20. The summed E-state index contributed by atoms with van der Waals surface area (Å²) in [6.07, 6.45) is 8.82. The molecule has 0 amide bonds. The molecule has 0 bridgehead atoms. The molecule has 1 aromatic carbocycles. The van der Waals surface area contributed by atoms with Crippen LogP contribution in [0.2, 0.25) is 10.0 Å². The van der Waals surface area contributed by atoms with Crippen molar-refractivity contribution < 1.29 is 0 Å². The van der Waals surface area contributed by atoms with Crippen LogP contribution in [0.25, 0.3) is 0 Å². The topological polar surface area (TPSA) is 29.9 Å². The standard InChI is InChI=1S/C14H14BrCl2N3/c15-10-5-6-11(13(17)12(10)16)19-14-18-7-8-20(14)9-3-1-2-4-9/h5-9H,1-4H2,(H,18,19). The first-order valence-electron chi connectivity index (χ1n) is 6.60. The number of hydrogen-bond donors (Lipinski definition) is 1. The molecule has 0 unspecified atom stereocenters. The lowest BCUT2D eigenvalue weighted by Gasteiger charge is -2.16. The first-order valence-corrected chi connectivity index (χ1v) is 8.15. The predicted molar refractivity (Wildman–Crippen MR) is 87.2 cm³/mol. The van der Waals surface area contributed by atoms with Gasteiger partial charge in [-0.2, -0.15) is 0 Å². The number of halogens is 3. The van der Waals surface area contributed by atoms with Gasteiger partial charge >= 0.3 is 0 Å². The van der Waals surface area contributed by atoms with Gasteiger partial charge in [-0.1, -0.05) is 36.0 Å². The Morgan fingerprint density at radius 2 is 1.95 bits per heavy atom. The first kappa shape index (κ1) is 14.2. The Labute approximate surface area is 136 Å². The fourth-order valence-corrected chi connectivity index (χ4v) is 3.45. The molecule has 1 saturated carbocycles. The van der Waals surface area contributed by atoms with Gasteiger partial charge in [-0.25, -0.2) is 4.98 Å². The normalized spacial score (nSPS) is 15.8. The zero-order valence-corrected chi connectivity index (χ0v) is 13.8. The Morgan fingerprint density at radius 3 is 2.70 bits per heavy atom. The molecule has 3 nitrogen and oxygen atoms in total. The van der Waals surface area contributed by atoms with E-state index in [1.165, 1.54) is 25.7 Å². The van der Waals surface area contributed by atoms with Crippen molar-refractivity contribution >= 4 is 50.8 Å². The van der Waals surface area contributed by atoms with Crippen molar-refractivity contribution in [3.05, 3.63) is 39.0 Å². The average Bonchev–Trinajstić information content (AvgIpc) is 3.09. The molecule has 20 heavy (non-hydrogen) atoms. The first-order chi connectivity index (χ1) is 9.66. The number of aromatic nitrogens is 2. The third-order valence-electron chi connectivity index (χ3n) is 3.67. The highest BCUT2D eigenvalue weighted by molar-refractivity contribution is 9.10. The van der Waals surface area contributed by atoms with Gasteiger partial charge in [0.1, 0.15) is 0 Å². The molecule has 1 heterocycles. The summed E-state index contributed by atoms with van der Waals surface area (Å²) in [5.74, 6) is 0.817. The van der Waals surface area contributed by atoms with Crippen molar-refractivity contribution in [3.63, 3.8) is 0 Å². The van der Waals surface area contributed by atoms with E-state index in [4.69, 9.17) is 23.2 Å². The van der Waals surface area contributed by atoms with Gasteiger partial charge < -0.3 is 9.88 Å². The minimum atomic E-state index is 0.502. The summed E-state index contributed by atoms with van der Waals surface area (Å²) in [7, 11) is 0. The molecule has 2 aromatic rings. The monoisotopic (exact) mass is 373 g/mol. The smallest absolute Gasteiger partial charge is 0.207 e. The Kier molecular flexibility index (Phi) is 4.24. The number of anilines is 2. The second kappa shape index (κ2) is 5.96. The van der Waals surface area contributed by atoms with Crippen molar-refractivity contribution in [2.24, 2.45) is 0 Å². The summed E-state index contributed by atoms with van der Waals surface area (Å²) in [4.78, 5) is 4.39. The van der Waals surface area contributed by atoms with Gasteiger partial charge in [0.05, 0.1) is 15.7 Å². The van der Waals surface area contributed by atoms with E-state index in [0.717, 1.165) is 16.1 Å². The Hall–Kier alpha value is -0.710. The predicted octanol–water partition coefficient (Wildman–Crippen LogP) is 5.81. The van der Waals surface area contributed by atoms with Gasteiger partial charge in [0, 0.05) is 22.9 Å². The lowest BCUT2D eigenvalue weighted by atomic mass is 10.2. The second-order valence-electron chi connectivity index (χ2n) is 4.94. The van der Waals surface area contributed by atoms with E-state index in [1.807, 2.05) is 24.5 Å². The van der Waals surface area contributed by atoms with Crippen LogP contribution in [0.15, 0.2) is 29.0 Å². The molecule has 1 aliphatic carbocycles. The van der Waals surface area contributed by atoms with Crippen molar-refractivity contribution in [1.29, 1.82) is 0 Å². The minimum absolute atomic E-state index is 0.502. The highest BCUT2D eigenvalue weighted by Crippen LogP contribution is 2.38. The van der Waals surface area contributed by atoms with E-state index in [9.17, 15) is 0 Å². The van der Waals surface area contributed by atoms with Gasteiger partial charge in [0.25, 0.3) is 0 Å². The summed E-state index contributed by atoms with van der Waals surface area (Å²) >= 11 is 15.8. The molecule has 6 heteroatoms. The van der Waals surface area contributed by atoms with E-state index >= 15 is 0 Å². The van der Waals surface area contributed by atoms with Crippen molar-refractivity contribution in [2.45, 2.75) is 31.7 Å². The maximum absolute atomic E-state index is 6.27. The molecule has 106 valence electrons. The molecule has 3 rings (SSSR count). The average molecular weight is 375 g/mol. The van der Waals surface area contributed by atoms with Crippen LogP contribution < -0.4 is 5.32 Å². The zero-order chi connectivity index (χ0) is 14.1. The summed E-state index contributed by atoms with van der Waals surface area (Å²) in [5, 5.41) is 4.29. The van der Waals surface area contributed by atoms with E-state index in [2.05, 4.69) is 30.8 Å².